The summed E-state index contributed by atoms with van der Waals surface area (Å²) in [5, 5.41) is 23.2. The Morgan fingerprint density at radius 2 is 2.04 bits per heavy atom. The lowest BCUT2D eigenvalue weighted by Gasteiger charge is -1.99. The fourth-order valence-corrected chi connectivity index (χ4v) is 1.82. The largest absolute Gasteiger partial charge is 1.00 e. The number of halogens is 1. The molecule has 0 spiro atoms. The first-order chi connectivity index (χ1) is 11.1. The number of nitrogens with zero attached hydrogens (tertiary/aromatic N) is 3. The molecule has 1 heterocycles. The minimum atomic E-state index is -0.486. The van der Waals surface area contributed by atoms with Crippen molar-refractivity contribution >= 4 is 17.8 Å². The van der Waals surface area contributed by atoms with E-state index in [9.17, 15) is 14.9 Å². The Morgan fingerprint density at radius 1 is 1.33 bits per heavy atom. The molecule has 0 radical (unpaired) electrons. The molecular weight excluding hydrogens is 336 g/mol. The predicted molar refractivity (Wildman–Crippen MR) is 81.9 cm³/mol. The van der Waals surface area contributed by atoms with E-state index < -0.39 is 10.8 Å². The number of hydrogen-bond acceptors (Lipinski definition) is 5. The maximum atomic E-state index is 11.9. The van der Waals surface area contributed by atoms with Gasteiger partial charge < -0.3 is 17.5 Å². The number of amides is 1. The van der Waals surface area contributed by atoms with Gasteiger partial charge >= 0.3 is 0 Å². The van der Waals surface area contributed by atoms with Crippen LogP contribution in [0.25, 0.3) is 0 Å². The lowest BCUT2D eigenvalue weighted by molar-refractivity contribution is -0.698. The van der Waals surface area contributed by atoms with Crippen molar-refractivity contribution in [3.05, 3.63) is 70.0 Å². The molecule has 1 aromatic carbocycles. The van der Waals surface area contributed by atoms with Gasteiger partial charge in [-0.3, -0.25) is 14.9 Å². The summed E-state index contributed by atoms with van der Waals surface area (Å²) < 4.78 is 1.69. The highest BCUT2D eigenvalue weighted by Crippen LogP contribution is 2.10. The second kappa shape index (κ2) is 9.33. The molecule has 0 fully saturated rings. The summed E-state index contributed by atoms with van der Waals surface area (Å²) in [5.41, 5.74) is 3.39. The molecule has 0 saturated heterocycles. The lowest BCUT2D eigenvalue weighted by Crippen LogP contribution is -3.00. The molecule has 1 amide bonds. The number of benzene rings is 1. The van der Waals surface area contributed by atoms with Crippen LogP contribution in [0.1, 0.15) is 15.9 Å². The molecule has 8 nitrogen and oxygen atoms in total. The smallest absolute Gasteiger partial charge is 0.277 e. The van der Waals surface area contributed by atoms with E-state index in [0.29, 0.717) is 17.7 Å². The fourth-order valence-electron chi connectivity index (χ4n) is 1.82. The van der Waals surface area contributed by atoms with Crippen molar-refractivity contribution in [1.82, 2.24) is 5.43 Å². The van der Waals surface area contributed by atoms with E-state index in [1.807, 2.05) is 0 Å². The van der Waals surface area contributed by atoms with Crippen LogP contribution in [0, 0.1) is 10.1 Å². The van der Waals surface area contributed by atoms with Gasteiger partial charge in [-0.1, -0.05) is 0 Å². The predicted octanol–water partition coefficient (Wildman–Crippen LogP) is -2.36. The van der Waals surface area contributed by atoms with Gasteiger partial charge in [-0.25, -0.2) is 9.99 Å². The molecule has 24 heavy (non-hydrogen) atoms. The summed E-state index contributed by atoms with van der Waals surface area (Å²) in [6, 6.07) is 9.11. The number of aliphatic hydroxyl groups excluding tert-OH is 1. The molecule has 0 aliphatic rings. The highest BCUT2D eigenvalue weighted by Gasteiger charge is 2.09. The van der Waals surface area contributed by atoms with Crippen molar-refractivity contribution in [3.63, 3.8) is 0 Å². The van der Waals surface area contributed by atoms with Gasteiger partial charge in [0.25, 0.3) is 11.6 Å². The SMILES string of the molecule is O=C(N/N=C/c1ccc([N+](=O)[O-])cc1)c1ccc[n+](CCO)c1.[Cl-]. The third kappa shape index (κ3) is 5.41. The zero-order valence-corrected chi connectivity index (χ0v) is 13.3. The second-order valence-corrected chi connectivity index (χ2v) is 4.60. The Hall–Kier alpha value is -2.84. The lowest BCUT2D eigenvalue weighted by atomic mass is 10.2. The molecule has 1 aromatic heterocycles. The van der Waals surface area contributed by atoms with Gasteiger partial charge in [0.05, 0.1) is 11.1 Å². The van der Waals surface area contributed by atoms with Crippen LogP contribution in [0.2, 0.25) is 0 Å². The molecule has 9 heteroatoms. The molecule has 2 N–H and O–H groups in total. The Kier molecular flexibility index (Phi) is 7.47. The molecule has 0 unspecified atom stereocenters. The van der Waals surface area contributed by atoms with E-state index in [1.165, 1.54) is 30.5 Å². The van der Waals surface area contributed by atoms with Crippen LogP contribution in [-0.4, -0.2) is 28.8 Å². The van der Waals surface area contributed by atoms with Crippen LogP contribution in [0.15, 0.2) is 53.9 Å². The zero-order chi connectivity index (χ0) is 16.7. The summed E-state index contributed by atoms with van der Waals surface area (Å²) in [4.78, 5) is 22.0. The number of hydrogen-bond donors (Lipinski definition) is 2. The summed E-state index contributed by atoms with van der Waals surface area (Å²) in [7, 11) is 0. The van der Waals surface area contributed by atoms with Crippen LogP contribution in [-0.2, 0) is 6.54 Å². The number of non-ortho nitro benzene ring substituents is 1. The van der Waals surface area contributed by atoms with Gasteiger partial charge in [0.2, 0.25) is 0 Å². The Labute approximate surface area is 144 Å². The molecule has 0 aliphatic heterocycles. The number of rotatable bonds is 6. The van der Waals surface area contributed by atoms with Crippen molar-refractivity contribution in [2.24, 2.45) is 5.10 Å². The number of aromatic nitrogens is 1. The van der Waals surface area contributed by atoms with E-state index in [-0.39, 0.29) is 24.7 Å². The topological polar surface area (TPSA) is 109 Å². The van der Waals surface area contributed by atoms with Crippen LogP contribution >= 0.6 is 0 Å². The molecule has 126 valence electrons. The molecule has 2 aromatic rings. The molecule has 2 rings (SSSR count). The van der Waals surface area contributed by atoms with Crippen molar-refractivity contribution < 1.29 is 31.8 Å². The first-order valence-corrected chi connectivity index (χ1v) is 6.78. The van der Waals surface area contributed by atoms with Crippen molar-refractivity contribution in [3.8, 4) is 0 Å². The van der Waals surface area contributed by atoms with Gasteiger partial charge in [0.1, 0.15) is 12.2 Å². The minimum Gasteiger partial charge on any atom is -1.00 e. The van der Waals surface area contributed by atoms with Crippen LogP contribution in [0.4, 0.5) is 5.69 Å². The molecule has 0 saturated carbocycles. The molecule has 0 bridgehead atoms. The van der Waals surface area contributed by atoms with Crippen molar-refractivity contribution in [2.75, 3.05) is 6.61 Å². The first-order valence-electron chi connectivity index (χ1n) is 6.78. The maximum Gasteiger partial charge on any atom is 0.277 e. The number of nitrogens with one attached hydrogen (secondary N) is 1. The second-order valence-electron chi connectivity index (χ2n) is 4.60. The van der Waals surface area contributed by atoms with Gasteiger partial charge in [-0.15, -0.1) is 0 Å². The normalized spacial score (nSPS) is 10.2. The fraction of sp³-hybridized carbons (Fsp3) is 0.133. The molecular formula is C15H15ClN4O4. The highest BCUT2D eigenvalue weighted by molar-refractivity contribution is 5.94. The van der Waals surface area contributed by atoms with E-state index in [2.05, 4.69) is 10.5 Å². The monoisotopic (exact) mass is 350 g/mol. The number of hydrazone groups is 1. The van der Waals surface area contributed by atoms with Crippen LogP contribution in [0.5, 0.6) is 0 Å². The minimum absolute atomic E-state index is 0. The van der Waals surface area contributed by atoms with Gasteiger partial charge in [0, 0.05) is 18.2 Å². The first kappa shape index (κ1) is 19.2. The van der Waals surface area contributed by atoms with Gasteiger partial charge in [-0.2, -0.15) is 5.10 Å². The maximum absolute atomic E-state index is 11.9. The van der Waals surface area contributed by atoms with Crippen molar-refractivity contribution in [1.29, 1.82) is 0 Å². The number of pyridine rings is 1. The number of carbonyl (C=O) groups is 1. The number of carbonyl (C=O) groups excluding carboxylic acids is 1. The molecule has 0 aliphatic carbocycles. The third-order valence-electron chi connectivity index (χ3n) is 2.96. The van der Waals surface area contributed by atoms with E-state index in [0.717, 1.165) is 0 Å². The summed E-state index contributed by atoms with van der Waals surface area (Å²) in [5.74, 6) is -0.393. The Balaban J connectivity index is 0.00000288. The van der Waals surface area contributed by atoms with Gasteiger partial charge in [-0.05, 0) is 23.8 Å². The zero-order valence-electron chi connectivity index (χ0n) is 12.5. The standard InChI is InChI=1S/C15H14N4O4.ClH/c20-9-8-18-7-1-2-13(11-18)15(21)17-16-10-12-3-5-14(6-4-12)19(22)23;/h1-7,10-11,20H,8-9H2;1H/b16-10+;. The number of nitro benzene ring substituents is 1. The average molecular weight is 351 g/mol. The van der Waals surface area contributed by atoms with Crippen molar-refractivity contribution in [2.45, 2.75) is 6.54 Å². The number of aliphatic hydroxyl groups is 1. The highest BCUT2D eigenvalue weighted by atomic mass is 35.5. The van der Waals surface area contributed by atoms with Crippen LogP contribution < -0.4 is 22.4 Å². The quantitative estimate of drug-likeness (QED) is 0.263. The average Bonchev–Trinajstić information content (AvgIpc) is 2.56. The van der Waals surface area contributed by atoms with E-state index >= 15 is 0 Å². The van der Waals surface area contributed by atoms with E-state index in [1.54, 1.807) is 29.1 Å². The Morgan fingerprint density at radius 3 is 2.67 bits per heavy atom. The Bertz CT molecular complexity index is 735. The number of nitro groups is 1. The third-order valence-corrected chi connectivity index (χ3v) is 2.96. The summed E-state index contributed by atoms with van der Waals surface area (Å²) in [6.07, 6.45) is 4.74. The van der Waals surface area contributed by atoms with Gasteiger partial charge in [0.15, 0.2) is 18.9 Å². The molecule has 0 atom stereocenters. The summed E-state index contributed by atoms with van der Waals surface area (Å²) >= 11 is 0. The van der Waals surface area contributed by atoms with E-state index in [4.69, 9.17) is 5.11 Å². The summed E-state index contributed by atoms with van der Waals surface area (Å²) in [6.45, 7) is 0.376. The van der Waals surface area contributed by atoms with Crippen LogP contribution in [0.3, 0.4) is 0 Å².